The van der Waals surface area contributed by atoms with Crippen LogP contribution in [0.3, 0.4) is 0 Å². The minimum absolute atomic E-state index is 0.0332. The molecule has 25 heavy (non-hydrogen) atoms. The summed E-state index contributed by atoms with van der Waals surface area (Å²) >= 11 is 0. The van der Waals surface area contributed by atoms with Gasteiger partial charge in [0.25, 0.3) is 0 Å². The Morgan fingerprint density at radius 2 is 1.32 bits per heavy atom. The highest BCUT2D eigenvalue weighted by Gasteiger charge is 2.29. The minimum Gasteiger partial charge on any atom is -0.312 e. The molecular weight excluding hydrogens is 306 g/mol. The molecule has 126 valence electrons. The molecule has 0 saturated heterocycles. The van der Waals surface area contributed by atoms with Crippen LogP contribution in [0, 0.1) is 5.92 Å². The smallest absolute Gasteiger partial charge is 0.168 e. The standard InChI is InChI=1S/C23H23NO/c1-24-22(19-13-7-3-8-14-19)21(17-18-11-5-2-6-12-18)23(25)20-15-9-4-10-16-20/h2-16,21-22,24H,17H2,1H3. The highest BCUT2D eigenvalue weighted by Crippen LogP contribution is 2.28. The zero-order valence-corrected chi connectivity index (χ0v) is 14.4. The van der Waals surface area contributed by atoms with Gasteiger partial charge in [-0.05, 0) is 24.6 Å². The van der Waals surface area contributed by atoms with E-state index in [9.17, 15) is 4.79 Å². The number of benzene rings is 3. The van der Waals surface area contributed by atoms with Crippen molar-refractivity contribution in [3.8, 4) is 0 Å². The summed E-state index contributed by atoms with van der Waals surface area (Å²) in [6.07, 6.45) is 0.703. The molecule has 0 aliphatic carbocycles. The van der Waals surface area contributed by atoms with Crippen molar-refractivity contribution in [3.05, 3.63) is 108 Å². The third kappa shape index (κ3) is 4.23. The van der Waals surface area contributed by atoms with E-state index in [2.05, 4.69) is 29.6 Å². The van der Waals surface area contributed by atoms with Crippen LogP contribution in [0.2, 0.25) is 0 Å². The SMILES string of the molecule is CNC(c1ccccc1)C(Cc1ccccc1)C(=O)c1ccccc1. The Labute approximate surface area is 149 Å². The molecule has 0 fully saturated rings. The van der Waals surface area contributed by atoms with Gasteiger partial charge in [-0.3, -0.25) is 4.79 Å². The fourth-order valence-electron chi connectivity index (χ4n) is 3.31. The van der Waals surface area contributed by atoms with Crippen LogP contribution in [0.1, 0.15) is 27.5 Å². The molecule has 0 bridgehead atoms. The van der Waals surface area contributed by atoms with Gasteiger partial charge in [0.15, 0.2) is 5.78 Å². The van der Waals surface area contributed by atoms with Crippen molar-refractivity contribution in [2.75, 3.05) is 7.05 Å². The number of hydrogen-bond donors (Lipinski definition) is 1. The first-order chi connectivity index (χ1) is 12.3. The van der Waals surface area contributed by atoms with Crippen LogP contribution in [0.25, 0.3) is 0 Å². The molecule has 0 aliphatic rings. The second kappa shape index (κ2) is 8.41. The molecule has 0 heterocycles. The van der Waals surface area contributed by atoms with Gasteiger partial charge >= 0.3 is 0 Å². The molecule has 2 nitrogen and oxygen atoms in total. The average molecular weight is 329 g/mol. The predicted molar refractivity (Wildman–Crippen MR) is 103 cm³/mol. The molecular formula is C23H23NO. The number of ketones is 1. The Hall–Kier alpha value is -2.71. The van der Waals surface area contributed by atoms with E-state index >= 15 is 0 Å². The maximum Gasteiger partial charge on any atom is 0.168 e. The van der Waals surface area contributed by atoms with Crippen LogP contribution in [-0.4, -0.2) is 12.8 Å². The van der Waals surface area contributed by atoms with Crippen LogP contribution < -0.4 is 5.32 Å². The van der Waals surface area contributed by atoms with Gasteiger partial charge < -0.3 is 5.32 Å². The van der Waals surface area contributed by atoms with Crippen molar-refractivity contribution < 1.29 is 4.79 Å². The van der Waals surface area contributed by atoms with Crippen LogP contribution in [0.5, 0.6) is 0 Å². The topological polar surface area (TPSA) is 29.1 Å². The predicted octanol–water partition coefficient (Wildman–Crippen LogP) is 4.69. The van der Waals surface area contributed by atoms with E-state index in [-0.39, 0.29) is 17.7 Å². The molecule has 3 aromatic carbocycles. The van der Waals surface area contributed by atoms with Crippen molar-refractivity contribution in [2.24, 2.45) is 5.92 Å². The van der Waals surface area contributed by atoms with Crippen molar-refractivity contribution in [3.63, 3.8) is 0 Å². The lowest BCUT2D eigenvalue weighted by Crippen LogP contribution is -2.32. The lowest BCUT2D eigenvalue weighted by molar-refractivity contribution is 0.0890. The Morgan fingerprint density at radius 3 is 1.88 bits per heavy atom. The van der Waals surface area contributed by atoms with Gasteiger partial charge in [0, 0.05) is 17.5 Å². The first-order valence-electron chi connectivity index (χ1n) is 8.65. The van der Waals surface area contributed by atoms with E-state index in [4.69, 9.17) is 0 Å². The Morgan fingerprint density at radius 1 is 0.800 bits per heavy atom. The average Bonchev–Trinajstić information content (AvgIpc) is 2.69. The highest BCUT2D eigenvalue weighted by atomic mass is 16.1. The number of carbonyl (C=O) groups is 1. The van der Waals surface area contributed by atoms with E-state index in [1.807, 2.05) is 73.8 Å². The molecule has 3 rings (SSSR count). The van der Waals surface area contributed by atoms with Crippen molar-refractivity contribution >= 4 is 5.78 Å². The van der Waals surface area contributed by atoms with Gasteiger partial charge in [-0.15, -0.1) is 0 Å². The van der Waals surface area contributed by atoms with E-state index < -0.39 is 0 Å². The number of carbonyl (C=O) groups excluding carboxylic acids is 1. The van der Waals surface area contributed by atoms with E-state index in [0.717, 1.165) is 11.1 Å². The normalized spacial score (nSPS) is 13.2. The molecule has 0 spiro atoms. The van der Waals surface area contributed by atoms with Gasteiger partial charge in [-0.25, -0.2) is 0 Å². The summed E-state index contributed by atoms with van der Waals surface area (Å²) in [5.74, 6) is 0.00450. The number of hydrogen-bond acceptors (Lipinski definition) is 2. The zero-order valence-electron chi connectivity index (χ0n) is 14.4. The molecule has 2 atom stereocenters. The van der Waals surface area contributed by atoms with Crippen LogP contribution in [0.4, 0.5) is 0 Å². The van der Waals surface area contributed by atoms with Crippen molar-refractivity contribution in [1.82, 2.24) is 5.32 Å². The first kappa shape index (κ1) is 17.1. The number of rotatable bonds is 7. The van der Waals surface area contributed by atoms with Gasteiger partial charge in [0.2, 0.25) is 0 Å². The van der Waals surface area contributed by atoms with Gasteiger partial charge in [-0.1, -0.05) is 91.0 Å². The quantitative estimate of drug-likeness (QED) is 0.637. The second-order valence-corrected chi connectivity index (χ2v) is 6.20. The molecule has 0 aliphatic heterocycles. The van der Waals surface area contributed by atoms with E-state index in [1.54, 1.807) is 0 Å². The summed E-state index contributed by atoms with van der Waals surface area (Å²) in [6, 6.07) is 30.0. The minimum atomic E-state index is -0.169. The number of Topliss-reactive ketones (excluding diaryl/α,β-unsaturated/α-hetero) is 1. The van der Waals surface area contributed by atoms with Gasteiger partial charge in [0.05, 0.1) is 0 Å². The fourth-order valence-corrected chi connectivity index (χ4v) is 3.31. The van der Waals surface area contributed by atoms with Crippen LogP contribution in [0.15, 0.2) is 91.0 Å². The number of nitrogens with one attached hydrogen (secondary N) is 1. The molecule has 3 aromatic rings. The zero-order chi connectivity index (χ0) is 17.5. The lowest BCUT2D eigenvalue weighted by Gasteiger charge is -2.27. The third-order valence-corrected chi connectivity index (χ3v) is 4.57. The Kier molecular flexibility index (Phi) is 5.76. The maximum absolute atomic E-state index is 13.3. The summed E-state index contributed by atoms with van der Waals surface area (Å²) in [5, 5.41) is 3.37. The summed E-state index contributed by atoms with van der Waals surface area (Å²) in [7, 11) is 1.92. The monoisotopic (exact) mass is 329 g/mol. The molecule has 0 amide bonds. The Bertz CT molecular complexity index is 784. The van der Waals surface area contributed by atoms with Gasteiger partial charge in [0.1, 0.15) is 0 Å². The molecule has 0 aromatic heterocycles. The van der Waals surface area contributed by atoms with Crippen molar-refractivity contribution in [2.45, 2.75) is 12.5 Å². The highest BCUT2D eigenvalue weighted by molar-refractivity contribution is 5.98. The first-order valence-corrected chi connectivity index (χ1v) is 8.65. The van der Waals surface area contributed by atoms with E-state index in [1.165, 1.54) is 5.56 Å². The largest absolute Gasteiger partial charge is 0.312 e. The third-order valence-electron chi connectivity index (χ3n) is 4.57. The lowest BCUT2D eigenvalue weighted by atomic mass is 9.82. The maximum atomic E-state index is 13.3. The molecule has 0 radical (unpaired) electrons. The second-order valence-electron chi connectivity index (χ2n) is 6.20. The molecule has 2 unspecified atom stereocenters. The molecule has 2 heteroatoms. The summed E-state index contributed by atoms with van der Waals surface area (Å²) < 4.78 is 0. The van der Waals surface area contributed by atoms with Gasteiger partial charge in [-0.2, -0.15) is 0 Å². The summed E-state index contributed by atoms with van der Waals surface area (Å²) in [4.78, 5) is 13.3. The molecule has 0 saturated carbocycles. The van der Waals surface area contributed by atoms with Crippen molar-refractivity contribution in [1.29, 1.82) is 0 Å². The summed E-state index contributed by atoms with van der Waals surface area (Å²) in [5.41, 5.74) is 3.07. The Balaban J connectivity index is 1.97. The van der Waals surface area contributed by atoms with Crippen LogP contribution in [-0.2, 0) is 6.42 Å². The van der Waals surface area contributed by atoms with Crippen LogP contribution >= 0.6 is 0 Å². The van der Waals surface area contributed by atoms with E-state index in [0.29, 0.717) is 6.42 Å². The summed E-state index contributed by atoms with van der Waals surface area (Å²) in [6.45, 7) is 0. The fraction of sp³-hybridized carbons (Fsp3) is 0.174. The molecule has 1 N–H and O–H groups in total.